The summed E-state index contributed by atoms with van der Waals surface area (Å²) in [6.07, 6.45) is 0.396. The lowest BCUT2D eigenvalue weighted by Gasteiger charge is -2.17. The number of benzene rings is 2. The predicted octanol–water partition coefficient (Wildman–Crippen LogP) is 1.57. The zero-order valence-corrected chi connectivity index (χ0v) is 16.2. The standard InChI is InChI=1S/C22H21N3O5/c26-19-9-10-20(27)25(19)12-14-5-1-3-7-17(14)24-22(29)21(28)23-11-15-13-30-18-8-4-2-6-16(15)18/h1-8,15H,9-13H2,(H,23,28)(H,24,29). The first-order valence-corrected chi connectivity index (χ1v) is 9.75. The van der Waals surface area contributed by atoms with E-state index in [0.717, 1.165) is 11.3 Å². The lowest BCUT2D eigenvalue weighted by molar-refractivity contribution is -0.139. The summed E-state index contributed by atoms with van der Waals surface area (Å²) in [6, 6.07) is 14.4. The second-order valence-corrected chi connectivity index (χ2v) is 7.24. The van der Waals surface area contributed by atoms with Gasteiger partial charge in [-0.25, -0.2) is 0 Å². The van der Waals surface area contributed by atoms with E-state index in [1.54, 1.807) is 24.3 Å². The third kappa shape index (κ3) is 4.03. The largest absolute Gasteiger partial charge is 0.493 e. The Morgan fingerprint density at radius 2 is 1.67 bits per heavy atom. The number of imide groups is 1. The minimum absolute atomic E-state index is 0.0163. The van der Waals surface area contributed by atoms with Gasteiger partial charge in [-0.15, -0.1) is 0 Å². The van der Waals surface area contributed by atoms with E-state index < -0.39 is 11.8 Å². The fourth-order valence-corrected chi connectivity index (χ4v) is 3.62. The highest BCUT2D eigenvalue weighted by molar-refractivity contribution is 6.39. The van der Waals surface area contributed by atoms with Crippen LogP contribution in [0.3, 0.4) is 0 Å². The smallest absolute Gasteiger partial charge is 0.313 e. The van der Waals surface area contributed by atoms with Crippen LogP contribution >= 0.6 is 0 Å². The Morgan fingerprint density at radius 3 is 2.47 bits per heavy atom. The molecule has 2 aliphatic rings. The molecule has 30 heavy (non-hydrogen) atoms. The highest BCUT2D eigenvalue weighted by Crippen LogP contribution is 2.32. The molecule has 154 valence electrons. The van der Waals surface area contributed by atoms with Crippen LogP contribution < -0.4 is 15.4 Å². The van der Waals surface area contributed by atoms with Gasteiger partial charge >= 0.3 is 11.8 Å². The number of anilines is 1. The van der Waals surface area contributed by atoms with Crippen LogP contribution in [-0.2, 0) is 25.7 Å². The number of para-hydroxylation sites is 2. The molecule has 1 fully saturated rings. The number of likely N-dealkylation sites (tertiary alicyclic amines) is 1. The molecule has 0 spiro atoms. The van der Waals surface area contributed by atoms with Gasteiger partial charge in [0, 0.05) is 36.6 Å². The molecular formula is C22H21N3O5. The molecule has 4 rings (SSSR count). The third-order valence-corrected chi connectivity index (χ3v) is 5.26. The van der Waals surface area contributed by atoms with Gasteiger partial charge in [-0.2, -0.15) is 0 Å². The first-order chi connectivity index (χ1) is 14.5. The summed E-state index contributed by atoms with van der Waals surface area (Å²) in [5.41, 5.74) is 1.98. The van der Waals surface area contributed by atoms with E-state index in [9.17, 15) is 19.2 Å². The molecule has 0 saturated carbocycles. The van der Waals surface area contributed by atoms with Gasteiger partial charge < -0.3 is 15.4 Å². The normalized spacial score (nSPS) is 17.5. The highest BCUT2D eigenvalue weighted by atomic mass is 16.5. The van der Waals surface area contributed by atoms with Crippen molar-refractivity contribution in [3.63, 3.8) is 0 Å². The van der Waals surface area contributed by atoms with Crippen molar-refractivity contribution in [2.45, 2.75) is 25.3 Å². The maximum atomic E-state index is 12.4. The molecule has 4 amide bonds. The van der Waals surface area contributed by atoms with Gasteiger partial charge in [0.1, 0.15) is 5.75 Å². The number of fused-ring (bicyclic) bond motifs is 1. The second kappa shape index (κ2) is 8.36. The summed E-state index contributed by atoms with van der Waals surface area (Å²) in [5.74, 6) is -1.27. The van der Waals surface area contributed by atoms with Gasteiger partial charge in [0.25, 0.3) is 0 Å². The Labute approximate surface area is 173 Å². The molecular weight excluding hydrogens is 386 g/mol. The highest BCUT2D eigenvalue weighted by Gasteiger charge is 2.30. The number of rotatable bonds is 5. The molecule has 2 aromatic carbocycles. The third-order valence-electron chi connectivity index (χ3n) is 5.26. The Kier molecular flexibility index (Phi) is 5.47. The maximum Gasteiger partial charge on any atom is 0.313 e. The second-order valence-electron chi connectivity index (χ2n) is 7.24. The average molecular weight is 407 g/mol. The van der Waals surface area contributed by atoms with E-state index in [2.05, 4.69) is 10.6 Å². The summed E-state index contributed by atoms with van der Waals surface area (Å²) in [5, 5.41) is 5.22. The summed E-state index contributed by atoms with van der Waals surface area (Å²) < 4.78 is 5.58. The van der Waals surface area contributed by atoms with Crippen molar-refractivity contribution < 1.29 is 23.9 Å². The number of amides is 4. The Bertz CT molecular complexity index is 1000. The van der Waals surface area contributed by atoms with E-state index in [1.165, 1.54) is 4.90 Å². The Balaban J connectivity index is 1.36. The van der Waals surface area contributed by atoms with Gasteiger partial charge in [0.2, 0.25) is 11.8 Å². The van der Waals surface area contributed by atoms with Crippen LogP contribution in [0.5, 0.6) is 5.75 Å². The number of hydrogen-bond donors (Lipinski definition) is 2. The van der Waals surface area contributed by atoms with Crippen molar-refractivity contribution in [3.05, 3.63) is 59.7 Å². The lowest BCUT2D eigenvalue weighted by Crippen LogP contribution is -2.38. The first-order valence-electron chi connectivity index (χ1n) is 9.75. The zero-order valence-electron chi connectivity index (χ0n) is 16.2. The molecule has 1 atom stereocenters. The molecule has 2 heterocycles. The van der Waals surface area contributed by atoms with Crippen LogP contribution in [0.4, 0.5) is 5.69 Å². The molecule has 0 radical (unpaired) electrons. The topological polar surface area (TPSA) is 105 Å². The van der Waals surface area contributed by atoms with Gasteiger partial charge in [-0.3, -0.25) is 24.1 Å². The van der Waals surface area contributed by atoms with Crippen LogP contribution in [0.15, 0.2) is 48.5 Å². The van der Waals surface area contributed by atoms with E-state index in [1.807, 2.05) is 24.3 Å². The van der Waals surface area contributed by atoms with E-state index >= 15 is 0 Å². The minimum atomic E-state index is -0.811. The van der Waals surface area contributed by atoms with Crippen molar-refractivity contribution in [1.82, 2.24) is 10.2 Å². The zero-order chi connectivity index (χ0) is 21.1. The maximum absolute atomic E-state index is 12.4. The number of carbonyl (C=O) groups excluding carboxylic acids is 4. The molecule has 2 aliphatic heterocycles. The first kappa shape index (κ1) is 19.6. The van der Waals surface area contributed by atoms with Crippen molar-refractivity contribution in [3.8, 4) is 5.75 Å². The Hall–Kier alpha value is -3.68. The van der Waals surface area contributed by atoms with E-state index in [0.29, 0.717) is 17.9 Å². The van der Waals surface area contributed by atoms with Gasteiger partial charge in [0.15, 0.2) is 0 Å². The van der Waals surface area contributed by atoms with Gasteiger partial charge in [-0.1, -0.05) is 36.4 Å². The number of nitrogens with one attached hydrogen (secondary N) is 2. The van der Waals surface area contributed by atoms with E-state index in [4.69, 9.17) is 4.74 Å². The molecule has 2 aromatic rings. The predicted molar refractivity (Wildman–Crippen MR) is 108 cm³/mol. The molecule has 8 nitrogen and oxygen atoms in total. The number of hydrogen-bond acceptors (Lipinski definition) is 5. The molecule has 0 bridgehead atoms. The lowest BCUT2D eigenvalue weighted by atomic mass is 10.0. The summed E-state index contributed by atoms with van der Waals surface area (Å²) >= 11 is 0. The average Bonchev–Trinajstić information content (AvgIpc) is 3.31. The number of ether oxygens (including phenoxy) is 1. The quantitative estimate of drug-likeness (QED) is 0.578. The number of nitrogens with zero attached hydrogens (tertiary/aromatic N) is 1. The molecule has 0 aromatic heterocycles. The van der Waals surface area contributed by atoms with Crippen LogP contribution in [0.2, 0.25) is 0 Å². The molecule has 8 heteroatoms. The van der Waals surface area contributed by atoms with Gasteiger partial charge in [0.05, 0.1) is 13.2 Å². The fourth-order valence-electron chi connectivity index (χ4n) is 3.62. The Morgan fingerprint density at radius 1 is 0.967 bits per heavy atom. The van der Waals surface area contributed by atoms with Crippen molar-refractivity contribution in [2.24, 2.45) is 0 Å². The van der Waals surface area contributed by atoms with Crippen molar-refractivity contribution in [2.75, 3.05) is 18.5 Å². The van der Waals surface area contributed by atoms with Gasteiger partial charge in [-0.05, 0) is 17.7 Å². The van der Waals surface area contributed by atoms with Crippen molar-refractivity contribution >= 4 is 29.3 Å². The van der Waals surface area contributed by atoms with E-state index in [-0.39, 0.29) is 43.7 Å². The monoisotopic (exact) mass is 407 g/mol. The summed E-state index contributed by atoms with van der Waals surface area (Å²) in [4.78, 5) is 49.6. The summed E-state index contributed by atoms with van der Waals surface area (Å²) in [6.45, 7) is 0.787. The van der Waals surface area contributed by atoms with Crippen LogP contribution in [-0.4, -0.2) is 41.7 Å². The van der Waals surface area contributed by atoms with Crippen LogP contribution in [0.1, 0.15) is 29.9 Å². The van der Waals surface area contributed by atoms with Crippen molar-refractivity contribution in [1.29, 1.82) is 0 Å². The molecule has 1 saturated heterocycles. The SMILES string of the molecule is O=C(NCC1COc2ccccc21)C(=O)Nc1ccccc1CN1C(=O)CCC1=O. The fraction of sp³-hybridized carbons (Fsp3) is 0.273. The molecule has 0 aliphatic carbocycles. The van der Waals surface area contributed by atoms with Crippen LogP contribution in [0.25, 0.3) is 0 Å². The van der Waals surface area contributed by atoms with Crippen LogP contribution in [0, 0.1) is 0 Å². The number of carbonyl (C=O) groups is 4. The summed E-state index contributed by atoms with van der Waals surface area (Å²) in [7, 11) is 0. The molecule has 2 N–H and O–H groups in total. The minimum Gasteiger partial charge on any atom is -0.493 e. The molecule has 1 unspecified atom stereocenters.